The van der Waals surface area contributed by atoms with E-state index < -0.39 is 23.5 Å². The summed E-state index contributed by atoms with van der Waals surface area (Å²) in [5, 5.41) is 9.36. The van der Waals surface area contributed by atoms with Crippen LogP contribution in [0, 0.1) is 5.82 Å². The summed E-state index contributed by atoms with van der Waals surface area (Å²) in [7, 11) is 0. The number of piperazine rings is 1. The minimum atomic E-state index is -1.06. The predicted molar refractivity (Wildman–Crippen MR) is 113 cm³/mol. The van der Waals surface area contributed by atoms with Gasteiger partial charge in [0.15, 0.2) is 0 Å². The van der Waals surface area contributed by atoms with Crippen molar-refractivity contribution in [2.75, 3.05) is 26.2 Å². The number of nitrogens with zero attached hydrogens (tertiary/aromatic N) is 2. The summed E-state index contributed by atoms with van der Waals surface area (Å²) in [5.74, 6) is -3.10. The van der Waals surface area contributed by atoms with E-state index >= 15 is 0 Å². The number of aliphatic carboxylic acids is 1. The second kappa shape index (κ2) is 8.43. The van der Waals surface area contributed by atoms with E-state index in [1.807, 2.05) is 35.2 Å². The summed E-state index contributed by atoms with van der Waals surface area (Å²) < 4.78 is 14.2. The number of benzene rings is 2. The molecule has 3 aromatic rings. The van der Waals surface area contributed by atoms with Crippen LogP contribution in [-0.4, -0.2) is 63.7 Å². The van der Waals surface area contributed by atoms with Gasteiger partial charge in [0.1, 0.15) is 5.82 Å². The van der Waals surface area contributed by atoms with Gasteiger partial charge in [0.25, 0.3) is 11.7 Å². The molecule has 2 heterocycles. The molecule has 0 bridgehead atoms. The number of Topliss-reactive ketones (excluding diaryl/α,β-unsaturated/α-hetero) is 1. The van der Waals surface area contributed by atoms with Gasteiger partial charge in [-0.05, 0) is 17.7 Å². The first-order chi connectivity index (χ1) is 15.0. The number of hydrogen-bond donors (Lipinski definition) is 2. The Kier molecular flexibility index (Phi) is 5.53. The molecule has 1 saturated heterocycles. The van der Waals surface area contributed by atoms with Crippen LogP contribution in [0.3, 0.4) is 0 Å². The van der Waals surface area contributed by atoms with Gasteiger partial charge >= 0.3 is 5.97 Å². The highest BCUT2D eigenvalue weighted by molar-refractivity contribution is 6.44. The summed E-state index contributed by atoms with van der Waals surface area (Å²) in [4.78, 5) is 43.0. The van der Waals surface area contributed by atoms with Crippen LogP contribution >= 0.6 is 0 Å². The third kappa shape index (κ3) is 4.05. The number of rotatable bonds is 5. The number of fused-ring (bicyclic) bond motifs is 1. The Morgan fingerprint density at radius 3 is 2.29 bits per heavy atom. The first-order valence-corrected chi connectivity index (χ1v) is 9.80. The van der Waals surface area contributed by atoms with Crippen molar-refractivity contribution >= 4 is 34.3 Å². The van der Waals surface area contributed by atoms with E-state index in [0.29, 0.717) is 24.3 Å². The van der Waals surface area contributed by atoms with Gasteiger partial charge in [0.05, 0.1) is 11.3 Å². The predicted octanol–water partition coefficient (Wildman–Crippen LogP) is 2.76. The molecule has 0 atom stereocenters. The molecule has 0 aliphatic carbocycles. The fourth-order valence-electron chi connectivity index (χ4n) is 3.81. The standard InChI is InChI=1S/C23H20FN3O4/c24-17-7-4-8-18-21(17)16(14-25-18)22(30)23(31)27-11-9-26(10-12-27)19(13-20(28)29)15-5-2-1-3-6-15/h1-8,13-14,25H,9-12H2,(H,28,29). The van der Waals surface area contributed by atoms with Gasteiger partial charge in [-0.2, -0.15) is 0 Å². The smallest absolute Gasteiger partial charge is 0.330 e. The molecule has 1 aliphatic rings. The number of hydrogen-bond acceptors (Lipinski definition) is 4. The van der Waals surface area contributed by atoms with Gasteiger partial charge in [-0.3, -0.25) is 9.59 Å². The van der Waals surface area contributed by atoms with E-state index in [1.54, 1.807) is 6.07 Å². The van der Waals surface area contributed by atoms with Crippen LogP contribution in [0.2, 0.25) is 0 Å². The first kappa shape index (κ1) is 20.3. The highest BCUT2D eigenvalue weighted by Gasteiger charge is 2.30. The SMILES string of the molecule is O=C(O)C=C(c1ccccc1)N1CCN(C(=O)C(=O)c2c[nH]c3cccc(F)c23)CC1. The van der Waals surface area contributed by atoms with Crippen LogP contribution in [0.1, 0.15) is 15.9 Å². The second-order valence-electron chi connectivity index (χ2n) is 7.21. The first-order valence-electron chi connectivity index (χ1n) is 9.80. The van der Waals surface area contributed by atoms with Crippen molar-refractivity contribution in [1.82, 2.24) is 14.8 Å². The van der Waals surface area contributed by atoms with Gasteiger partial charge in [-0.25, -0.2) is 9.18 Å². The van der Waals surface area contributed by atoms with Gasteiger partial charge < -0.3 is 19.9 Å². The normalized spacial score (nSPS) is 14.7. The van der Waals surface area contributed by atoms with Crippen LogP contribution in [0.15, 0.2) is 60.8 Å². The Bertz CT molecular complexity index is 1180. The summed E-state index contributed by atoms with van der Waals surface area (Å²) in [5.41, 5.74) is 1.77. The zero-order valence-corrected chi connectivity index (χ0v) is 16.5. The minimum Gasteiger partial charge on any atom is -0.478 e. The molecule has 1 fully saturated rings. The highest BCUT2D eigenvalue weighted by Crippen LogP contribution is 2.24. The Hall–Kier alpha value is -3.94. The average molecular weight is 421 g/mol. The lowest BCUT2D eigenvalue weighted by atomic mass is 10.1. The molecule has 2 N–H and O–H groups in total. The van der Waals surface area contributed by atoms with Crippen LogP contribution in [-0.2, 0) is 9.59 Å². The summed E-state index contributed by atoms with van der Waals surface area (Å²) in [6.07, 6.45) is 2.50. The van der Waals surface area contributed by atoms with Crippen molar-refractivity contribution in [2.24, 2.45) is 0 Å². The van der Waals surface area contributed by atoms with Gasteiger partial charge in [0, 0.05) is 49.4 Å². The van der Waals surface area contributed by atoms with E-state index in [0.717, 1.165) is 11.6 Å². The average Bonchev–Trinajstić information content (AvgIpc) is 3.23. The van der Waals surface area contributed by atoms with Crippen LogP contribution in [0.25, 0.3) is 16.6 Å². The lowest BCUT2D eigenvalue weighted by molar-refractivity contribution is -0.131. The van der Waals surface area contributed by atoms with Gasteiger partial charge in [-0.1, -0.05) is 36.4 Å². The van der Waals surface area contributed by atoms with E-state index in [-0.39, 0.29) is 24.0 Å². The molecule has 0 spiro atoms. The van der Waals surface area contributed by atoms with Crippen LogP contribution < -0.4 is 0 Å². The fourth-order valence-corrected chi connectivity index (χ4v) is 3.81. The van der Waals surface area contributed by atoms with Gasteiger partial charge in [-0.15, -0.1) is 0 Å². The van der Waals surface area contributed by atoms with Crippen LogP contribution in [0.4, 0.5) is 4.39 Å². The minimum absolute atomic E-state index is 0.0104. The van der Waals surface area contributed by atoms with E-state index in [2.05, 4.69) is 4.98 Å². The largest absolute Gasteiger partial charge is 0.478 e. The molecule has 2 aromatic carbocycles. The summed E-state index contributed by atoms with van der Waals surface area (Å²) in [6.45, 7) is 1.24. The maximum Gasteiger partial charge on any atom is 0.330 e. The second-order valence-corrected chi connectivity index (χ2v) is 7.21. The molecule has 31 heavy (non-hydrogen) atoms. The number of carbonyl (C=O) groups excluding carboxylic acids is 2. The van der Waals surface area contributed by atoms with Crippen molar-refractivity contribution < 1.29 is 23.9 Å². The summed E-state index contributed by atoms with van der Waals surface area (Å²) in [6, 6.07) is 13.5. The quantitative estimate of drug-likeness (QED) is 0.375. The van der Waals surface area contributed by atoms with Crippen molar-refractivity contribution in [3.8, 4) is 0 Å². The van der Waals surface area contributed by atoms with Crippen molar-refractivity contribution in [2.45, 2.75) is 0 Å². The topological polar surface area (TPSA) is 93.7 Å². The lowest BCUT2D eigenvalue weighted by Gasteiger charge is -2.37. The molecule has 1 amide bonds. The number of aromatic amines is 1. The number of halogens is 1. The van der Waals surface area contributed by atoms with E-state index in [1.165, 1.54) is 23.2 Å². The number of ketones is 1. The molecule has 1 aliphatic heterocycles. The highest BCUT2D eigenvalue weighted by atomic mass is 19.1. The number of carboxylic acid groups (broad SMARTS) is 1. The monoisotopic (exact) mass is 421 g/mol. The molecule has 7 nitrogen and oxygen atoms in total. The number of aromatic nitrogens is 1. The van der Waals surface area contributed by atoms with Gasteiger partial charge in [0.2, 0.25) is 0 Å². The maximum atomic E-state index is 14.2. The number of carbonyl (C=O) groups is 3. The Morgan fingerprint density at radius 2 is 1.61 bits per heavy atom. The zero-order chi connectivity index (χ0) is 22.0. The number of carboxylic acids is 1. The maximum absolute atomic E-state index is 14.2. The third-order valence-electron chi connectivity index (χ3n) is 5.33. The third-order valence-corrected chi connectivity index (χ3v) is 5.33. The molecular formula is C23H20FN3O4. The van der Waals surface area contributed by atoms with Crippen molar-refractivity contribution in [3.05, 3.63) is 77.7 Å². The number of nitrogens with one attached hydrogen (secondary N) is 1. The lowest BCUT2D eigenvalue weighted by Crippen LogP contribution is -2.50. The molecule has 158 valence electrons. The van der Waals surface area contributed by atoms with Crippen molar-refractivity contribution in [1.29, 1.82) is 0 Å². The molecule has 0 radical (unpaired) electrons. The van der Waals surface area contributed by atoms with Crippen LogP contribution in [0.5, 0.6) is 0 Å². The molecule has 8 heteroatoms. The number of H-pyrrole nitrogens is 1. The Balaban J connectivity index is 1.49. The zero-order valence-electron chi connectivity index (χ0n) is 16.5. The Morgan fingerprint density at radius 1 is 0.935 bits per heavy atom. The Labute approximate surface area is 177 Å². The van der Waals surface area contributed by atoms with E-state index in [9.17, 15) is 23.9 Å². The molecular weight excluding hydrogens is 401 g/mol. The fraction of sp³-hybridized carbons (Fsp3) is 0.174. The summed E-state index contributed by atoms with van der Waals surface area (Å²) >= 11 is 0. The molecule has 1 aromatic heterocycles. The molecule has 0 saturated carbocycles. The number of amides is 1. The van der Waals surface area contributed by atoms with E-state index in [4.69, 9.17) is 0 Å². The van der Waals surface area contributed by atoms with Crippen molar-refractivity contribution in [3.63, 3.8) is 0 Å². The molecule has 4 rings (SSSR count). The molecule has 0 unspecified atom stereocenters.